The molecule has 1 fully saturated rings. The van der Waals surface area contributed by atoms with Crippen LogP contribution in [0.5, 0.6) is 0 Å². The number of nitrogens with zero attached hydrogens (tertiary/aromatic N) is 2. The first-order chi connectivity index (χ1) is 9.93. The summed E-state index contributed by atoms with van der Waals surface area (Å²) < 4.78 is 0. The molecule has 2 heterocycles. The lowest BCUT2D eigenvalue weighted by Gasteiger charge is -2.33. The molecule has 0 aliphatic heterocycles. The van der Waals surface area contributed by atoms with Gasteiger partial charge in [-0.05, 0) is 49.0 Å². The summed E-state index contributed by atoms with van der Waals surface area (Å²) >= 11 is 8.35. The van der Waals surface area contributed by atoms with Crippen molar-refractivity contribution in [3.63, 3.8) is 0 Å². The standard InChI is InChI=1S/C17H21ClN2S/c1-17(2,3)10-6-7-11-12(8-10)21-16-13(11)14(18)19-15(20-16)9-4-5-9/h9-10H,4-8H2,1-3H3/t10-/m0/s1. The van der Waals surface area contributed by atoms with Crippen LogP contribution in [0.3, 0.4) is 0 Å². The van der Waals surface area contributed by atoms with Crippen LogP contribution in [0.1, 0.15) is 62.2 Å². The van der Waals surface area contributed by atoms with Crippen molar-refractivity contribution in [2.75, 3.05) is 0 Å². The van der Waals surface area contributed by atoms with Crippen LogP contribution in [0.2, 0.25) is 5.15 Å². The third-order valence-corrected chi connectivity index (χ3v) is 6.47. The predicted octanol–water partition coefficient (Wildman–Crippen LogP) is 5.37. The molecule has 1 atom stereocenters. The molecule has 2 aromatic heterocycles. The minimum Gasteiger partial charge on any atom is -0.222 e. The highest BCUT2D eigenvalue weighted by atomic mass is 35.5. The number of thiophene rings is 1. The van der Waals surface area contributed by atoms with E-state index < -0.39 is 0 Å². The number of fused-ring (bicyclic) bond motifs is 3. The van der Waals surface area contributed by atoms with Gasteiger partial charge in [0.1, 0.15) is 15.8 Å². The van der Waals surface area contributed by atoms with Crippen LogP contribution in [-0.2, 0) is 12.8 Å². The summed E-state index contributed by atoms with van der Waals surface area (Å²) in [5.41, 5.74) is 1.81. The van der Waals surface area contributed by atoms with Gasteiger partial charge in [0.05, 0.1) is 5.39 Å². The smallest absolute Gasteiger partial charge is 0.141 e. The topological polar surface area (TPSA) is 25.8 Å². The molecular weight excluding hydrogens is 300 g/mol. The predicted molar refractivity (Wildman–Crippen MR) is 89.4 cm³/mol. The zero-order valence-electron chi connectivity index (χ0n) is 12.9. The average Bonchev–Trinajstić information content (AvgIpc) is 3.17. The quantitative estimate of drug-likeness (QED) is 0.660. The summed E-state index contributed by atoms with van der Waals surface area (Å²) in [6.45, 7) is 7.07. The minimum atomic E-state index is 0.377. The molecule has 4 heteroatoms. The molecule has 0 aromatic carbocycles. The van der Waals surface area contributed by atoms with Crippen molar-refractivity contribution >= 4 is 33.2 Å². The van der Waals surface area contributed by atoms with E-state index in [9.17, 15) is 0 Å². The van der Waals surface area contributed by atoms with Crippen LogP contribution in [0.15, 0.2) is 0 Å². The van der Waals surface area contributed by atoms with E-state index in [2.05, 4.69) is 25.8 Å². The number of aromatic nitrogens is 2. The maximum absolute atomic E-state index is 6.49. The first-order valence-corrected chi connectivity index (χ1v) is 9.10. The van der Waals surface area contributed by atoms with Crippen LogP contribution in [0, 0.1) is 11.3 Å². The first-order valence-electron chi connectivity index (χ1n) is 7.91. The van der Waals surface area contributed by atoms with Crippen molar-refractivity contribution in [3.05, 3.63) is 21.4 Å². The SMILES string of the molecule is CC(C)(C)[C@H]1CCc2c(sc3nc(C4CC4)nc(Cl)c23)C1. The highest BCUT2D eigenvalue weighted by Gasteiger charge is 2.33. The molecule has 0 spiro atoms. The highest BCUT2D eigenvalue weighted by molar-refractivity contribution is 7.19. The van der Waals surface area contributed by atoms with Crippen LogP contribution in [0.25, 0.3) is 10.2 Å². The molecular formula is C17H21ClN2S. The lowest BCUT2D eigenvalue weighted by Crippen LogP contribution is -2.26. The molecule has 0 saturated heterocycles. The maximum atomic E-state index is 6.49. The van der Waals surface area contributed by atoms with Gasteiger partial charge in [-0.3, -0.25) is 0 Å². The van der Waals surface area contributed by atoms with Gasteiger partial charge in [-0.15, -0.1) is 11.3 Å². The van der Waals surface area contributed by atoms with Crippen LogP contribution in [-0.4, -0.2) is 9.97 Å². The van der Waals surface area contributed by atoms with Gasteiger partial charge < -0.3 is 0 Å². The van der Waals surface area contributed by atoms with Crippen LogP contribution >= 0.6 is 22.9 Å². The molecule has 0 radical (unpaired) electrons. The fourth-order valence-corrected chi connectivity index (χ4v) is 5.06. The fourth-order valence-electron chi connectivity index (χ4n) is 3.41. The summed E-state index contributed by atoms with van der Waals surface area (Å²) in [7, 11) is 0. The van der Waals surface area contributed by atoms with E-state index >= 15 is 0 Å². The summed E-state index contributed by atoms with van der Waals surface area (Å²) in [6, 6.07) is 0. The van der Waals surface area contributed by atoms with Crippen molar-refractivity contribution in [3.8, 4) is 0 Å². The number of rotatable bonds is 1. The largest absolute Gasteiger partial charge is 0.222 e. The van der Waals surface area contributed by atoms with Crippen molar-refractivity contribution < 1.29 is 0 Å². The first kappa shape index (κ1) is 14.0. The molecule has 0 N–H and O–H groups in total. The molecule has 0 bridgehead atoms. The second-order valence-electron chi connectivity index (χ2n) is 7.64. The zero-order valence-corrected chi connectivity index (χ0v) is 14.4. The second kappa shape index (κ2) is 4.66. The fraction of sp³-hybridized carbons (Fsp3) is 0.647. The Labute approximate surface area is 134 Å². The lowest BCUT2D eigenvalue weighted by atomic mass is 9.72. The van der Waals surface area contributed by atoms with E-state index in [4.69, 9.17) is 16.6 Å². The third kappa shape index (κ3) is 2.39. The van der Waals surface area contributed by atoms with E-state index in [-0.39, 0.29) is 0 Å². The van der Waals surface area contributed by atoms with Gasteiger partial charge in [-0.2, -0.15) is 0 Å². The van der Waals surface area contributed by atoms with E-state index in [0.29, 0.717) is 16.5 Å². The van der Waals surface area contributed by atoms with E-state index in [1.165, 1.54) is 36.1 Å². The highest BCUT2D eigenvalue weighted by Crippen LogP contribution is 2.46. The normalized spacial score (nSPS) is 22.6. The van der Waals surface area contributed by atoms with Crippen molar-refractivity contribution in [2.24, 2.45) is 11.3 Å². The Morgan fingerprint density at radius 1 is 1.14 bits per heavy atom. The molecule has 21 heavy (non-hydrogen) atoms. The Morgan fingerprint density at radius 2 is 1.90 bits per heavy atom. The van der Waals surface area contributed by atoms with Gasteiger partial charge >= 0.3 is 0 Å². The van der Waals surface area contributed by atoms with Gasteiger partial charge in [0, 0.05) is 10.8 Å². The zero-order chi connectivity index (χ0) is 14.8. The number of hydrogen-bond acceptors (Lipinski definition) is 3. The molecule has 0 unspecified atom stereocenters. The van der Waals surface area contributed by atoms with Gasteiger partial charge in [0.25, 0.3) is 0 Å². The van der Waals surface area contributed by atoms with E-state index in [1.807, 2.05) is 11.3 Å². The molecule has 2 aromatic rings. The van der Waals surface area contributed by atoms with Gasteiger partial charge in [-0.25, -0.2) is 9.97 Å². The van der Waals surface area contributed by atoms with Gasteiger partial charge in [0.15, 0.2) is 0 Å². The van der Waals surface area contributed by atoms with Gasteiger partial charge in [0.2, 0.25) is 0 Å². The molecule has 2 aliphatic rings. The Kier molecular flexibility index (Phi) is 3.10. The minimum absolute atomic E-state index is 0.377. The summed E-state index contributed by atoms with van der Waals surface area (Å²) in [5, 5.41) is 1.84. The van der Waals surface area contributed by atoms with Gasteiger partial charge in [-0.1, -0.05) is 32.4 Å². The number of halogens is 1. The van der Waals surface area contributed by atoms with E-state index in [0.717, 1.165) is 28.4 Å². The maximum Gasteiger partial charge on any atom is 0.141 e. The van der Waals surface area contributed by atoms with Crippen LogP contribution < -0.4 is 0 Å². The molecule has 112 valence electrons. The number of hydrogen-bond donors (Lipinski definition) is 0. The molecule has 1 saturated carbocycles. The average molecular weight is 321 g/mol. The summed E-state index contributed by atoms with van der Waals surface area (Å²) in [6.07, 6.45) is 6.00. The van der Waals surface area contributed by atoms with Crippen molar-refractivity contribution in [2.45, 2.75) is 58.8 Å². The molecule has 2 aliphatic carbocycles. The molecule has 0 amide bonds. The number of aryl methyl sites for hydroxylation is 1. The summed E-state index contributed by atoms with van der Waals surface area (Å²) in [4.78, 5) is 12.0. The van der Waals surface area contributed by atoms with E-state index in [1.54, 1.807) is 0 Å². The Morgan fingerprint density at radius 3 is 2.57 bits per heavy atom. The van der Waals surface area contributed by atoms with Crippen LogP contribution in [0.4, 0.5) is 0 Å². The second-order valence-corrected chi connectivity index (χ2v) is 9.08. The molecule has 2 nitrogen and oxygen atoms in total. The summed E-state index contributed by atoms with van der Waals surface area (Å²) in [5.74, 6) is 2.29. The van der Waals surface area contributed by atoms with Crippen molar-refractivity contribution in [1.82, 2.24) is 9.97 Å². The monoisotopic (exact) mass is 320 g/mol. The third-order valence-electron chi connectivity index (χ3n) is 5.05. The lowest BCUT2D eigenvalue weighted by molar-refractivity contribution is 0.218. The van der Waals surface area contributed by atoms with Crippen molar-refractivity contribution in [1.29, 1.82) is 0 Å². The molecule has 4 rings (SSSR count). The Hall–Kier alpha value is -0.670. The Bertz CT molecular complexity index is 710. The Balaban J connectivity index is 1.79.